The molecule has 0 atom stereocenters. The molecule has 0 fully saturated rings. The Morgan fingerprint density at radius 2 is 1.36 bits per heavy atom. The molecule has 0 aliphatic heterocycles. The maximum absolute atomic E-state index is 10.4. The molecule has 4 heteroatoms. The Morgan fingerprint density at radius 1 is 1.07 bits per heavy atom. The van der Waals surface area contributed by atoms with Gasteiger partial charge in [0.15, 0.2) is 0 Å². The molecule has 2 N–H and O–H groups in total. The molecular formula is C10H14O4. The summed E-state index contributed by atoms with van der Waals surface area (Å²) in [5.41, 5.74) is 0.186. The number of rotatable bonds is 6. The fourth-order valence-electron chi connectivity index (χ4n) is 1.09. The standard InChI is InChI=1S/C10H14O4/c1-6(4-7(2)9(11)12)5-8(3)10(13)14/h6H,2-5H2,1H3,(H,11,12)(H,13,14). The van der Waals surface area contributed by atoms with E-state index in [4.69, 9.17) is 10.2 Å². The quantitative estimate of drug-likeness (QED) is 0.637. The molecule has 0 saturated heterocycles. The molecule has 0 aromatic heterocycles. The Hall–Kier alpha value is -1.58. The molecule has 78 valence electrons. The van der Waals surface area contributed by atoms with Crippen LogP contribution in [0.3, 0.4) is 0 Å². The molecule has 0 bridgehead atoms. The number of aliphatic carboxylic acids is 2. The Balaban J connectivity index is 4.05. The minimum absolute atomic E-state index is 0.0674. The molecule has 0 rings (SSSR count). The third kappa shape index (κ3) is 4.45. The summed E-state index contributed by atoms with van der Waals surface area (Å²) in [5.74, 6) is -2.15. The van der Waals surface area contributed by atoms with E-state index in [1.165, 1.54) is 0 Å². The van der Waals surface area contributed by atoms with Crippen molar-refractivity contribution in [1.29, 1.82) is 0 Å². The highest BCUT2D eigenvalue weighted by molar-refractivity contribution is 5.86. The number of carbonyl (C=O) groups is 2. The minimum atomic E-state index is -1.04. The normalized spacial score (nSPS) is 9.86. The predicted molar refractivity (Wildman–Crippen MR) is 51.9 cm³/mol. The third-order valence-corrected chi connectivity index (χ3v) is 1.79. The van der Waals surface area contributed by atoms with Crippen molar-refractivity contribution >= 4 is 11.9 Å². The van der Waals surface area contributed by atoms with Gasteiger partial charge in [0.2, 0.25) is 0 Å². The van der Waals surface area contributed by atoms with Crippen LogP contribution in [0.5, 0.6) is 0 Å². The molecule has 0 heterocycles. The molecule has 0 aliphatic rings. The molecule has 0 spiro atoms. The van der Waals surface area contributed by atoms with Gasteiger partial charge in [0.1, 0.15) is 0 Å². The Morgan fingerprint density at radius 3 is 1.57 bits per heavy atom. The Labute approximate surface area is 82.6 Å². The van der Waals surface area contributed by atoms with Crippen LogP contribution in [-0.4, -0.2) is 22.2 Å². The van der Waals surface area contributed by atoms with E-state index >= 15 is 0 Å². The first kappa shape index (κ1) is 12.4. The van der Waals surface area contributed by atoms with E-state index in [0.717, 1.165) is 0 Å². The van der Waals surface area contributed by atoms with Crippen LogP contribution in [0, 0.1) is 5.92 Å². The molecule has 0 amide bonds. The summed E-state index contributed by atoms with van der Waals surface area (Å²) in [4.78, 5) is 20.8. The second kappa shape index (κ2) is 5.21. The summed E-state index contributed by atoms with van der Waals surface area (Å²) >= 11 is 0. The van der Waals surface area contributed by atoms with Crippen LogP contribution in [0.25, 0.3) is 0 Å². The topological polar surface area (TPSA) is 74.6 Å². The Bertz CT molecular complexity index is 250. The largest absolute Gasteiger partial charge is 0.478 e. The second-order valence-corrected chi connectivity index (χ2v) is 3.33. The number of carboxylic acids is 2. The van der Waals surface area contributed by atoms with Gasteiger partial charge in [0, 0.05) is 11.1 Å². The fourth-order valence-corrected chi connectivity index (χ4v) is 1.09. The van der Waals surface area contributed by atoms with E-state index in [1.54, 1.807) is 6.92 Å². The highest BCUT2D eigenvalue weighted by atomic mass is 16.4. The lowest BCUT2D eigenvalue weighted by Crippen LogP contribution is -2.08. The van der Waals surface area contributed by atoms with E-state index in [-0.39, 0.29) is 29.9 Å². The van der Waals surface area contributed by atoms with Gasteiger partial charge in [-0.25, -0.2) is 9.59 Å². The van der Waals surface area contributed by atoms with Crippen molar-refractivity contribution in [2.45, 2.75) is 19.8 Å². The molecule has 0 aromatic rings. The van der Waals surface area contributed by atoms with Crippen molar-refractivity contribution in [1.82, 2.24) is 0 Å². The van der Waals surface area contributed by atoms with Crippen LogP contribution >= 0.6 is 0 Å². The predicted octanol–water partition coefficient (Wildman–Crippen LogP) is 1.68. The molecular weight excluding hydrogens is 184 g/mol. The van der Waals surface area contributed by atoms with Crippen molar-refractivity contribution < 1.29 is 19.8 Å². The summed E-state index contributed by atoms with van der Waals surface area (Å²) in [6.07, 6.45) is 0.559. The zero-order valence-electron chi connectivity index (χ0n) is 8.12. The van der Waals surface area contributed by atoms with E-state index < -0.39 is 11.9 Å². The van der Waals surface area contributed by atoms with Crippen LogP contribution in [0.1, 0.15) is 19.8 Å². The van der Waals surface area contributed by atoms with E-state index in [9.17, 15) is 9.59 Å². The zero-order valence-corrected chi connectivity index (χ0v) is 8.12. The Kier molecular flexibility index (Phi) is 4.63. The lowest BCUT2D eigenvalue weighted by Gasteiger charge is -2.10. The molecule has 14 heavy (non-hydrogen) atoms. The molecule has 4 nitrogen and oxygen atoms in total. The van der Waals surface area contributed by atoms with Gasteiger partial charge in [-0.2, -0.15) is 0 Å². The lowest BCUT2D eigenvalue weighted by atomic mass is 9.95. The molecule has 0 aliphatic carbocycles. The van der Waals surface area contributed by atoms with Gasteiger partial charge in [-0.3, -0.25) is 0 Å². The van der Waals surface area contributed by atoms with Gasteiger partial charge < -0.3 is 10.2 Å². The number of hydrogen-bond acceptors (Lipinski definition) is 2. The molecule has 0 unspecified atom stereocenters. The van der Waals surface area contributed by atoms with Gasteiger partial charge in [-0.15, -0.1) is 0 Å². The zero-order chi connectivity index (χ0) is 11.3. The minimum Gasteiger partial charge on any atom is -0.478 e. The van der Waals surface area contributed by atoms with Crippen molar-refractivity contribution in [2.75, 3.05) is 0 Å². The SMILES string of the molecule is C=C(CC(C)CC(=C)C(=O)O)C(=O)O. The van der Waals surface area contributed by atoms with Gasteiger partial charge in [-0.05, 0) is 18.8 Å². The van der Waals surface area contributed by atoms with Gasteiger partial charge in [0.25, 0.3) is 0 Å². The smallest absolute Gasteiger partial charge is 0.330 e. The molecule has 0 radical (unpaired) electrons. The average molecular weight is 198 g/mol. The van der Waals surface area contributed by atoms with Crippen LogP contribution in [0.2, 0.25) is 0 Å². The first-order valence-electron chi connectivity index (χ1n) is 4.16. The van der Waals surface area contributed by atoms with Crippen molar-refractivity contribution in [2.24, 2.45) is 5.92 Å². The van der Waals surface area contributed by atoms with Crippen molar-refractivity contribution in [3.8, 4) is 0 Å². The van der Waals surface area contributed by atoms with E-state index in [1.807, 2.05) is 0 Å². The highest BCUT2D eigenvalue weighted by Gasteiger charge is 2.13. The third-order valence-electron chi connectivity index (χ3n) is 1.79. The number of hydrogen-bond donors (Lipinski definition) is 2. The van der Waals surface area contributed by atoms with E-state index in [0.29, 0.717) is 0 Å². The lowest BCUT2D eigenvalue weighted by molar-refractivity contribution is -0.133. The van der Waals surface area contributed by atoms with Crippen LogP contribution < -0.4 is 0 Å². The van der Waals surface area contributed by atoms with Crippen LogP contribution in [-0.2, 0) is 9.59 Å². The molecule has 0 saturated carbocycles. The summed E-state index contributed by atoms with van der Waals surface area (Å²) in [5, 5.41) is 17.1. The van der Waals surface area contributed by atoms with E-state index in [2.05, 4.69) is 13.2 Å². The average Bonchev–Trinajstić information content (AvgIpc) is 2.03. The first-order valence-corrected chi connectivity index (χ1v) is 4.16. The van der Waals surface area contributed by atoms with Gasteiger partial charge in [0.05, 0.1) is 0 Å². The first-order chi connectivity index (χ1) is 6.34. The number of carboxylic acid groups (broad SMARTS) is 2. The monoisotopic (exact) mass is 198 g/mol. The highest BCUT2D eigenvalue weighted by Crippen LogP contribution is 2.17. The summed E-state index contributed by atoms with van der Waals surface area (Å²) in [6.45, 7) is 8.51. The summed E-state index contributed by atoms with van der Waals surface area (Å²) in [7, 11) is 0. The van der Waals surface area contributed by atoms with Gasteiger partial charge in [-0.1, -0.05) is 20.1 Å². The summed E-state index contributed by atoms with van der Waals surface area (Å²) in [6, 6.07) is 0. The fraction of sp³-hybridized carbons (Fsp3) is 0.400. The van der Waals surface area contributed by atoms with Crippen molar-refractivity contribution in [3.05, 3.63) is 24.3 Å². The summed E-state index contributed by atoms with van der Waals surface area (Å²) < 4.78 is 0. The van der Waals surface area contributed by atoms with Crippen LogP contribution in [0.4, 0.5) is 0 Å². The maximum Gasteiger partial charge on any atom is 0.330 e. The second-order valence-electron chi connectivity index (χ2n) is 3.33. The van der Waals surface area contributed by atoms with Crippen molar-refractivity contribution in [3.63, 3.8) is 0 Å². The molecule has 0 aromatic carbocycles. The maximum atomic E-state index is 10.4. The van der Waals surface area contributed by atoms with Gasteiger partial charge >= 0.3 is 11.9 Å². The van der Waals surface area contributed by atoms with Crippen LogP contribution in [0.15, 0.2) is 24.3 Å².